The number of anilines is 1. The molecule has 0 unspecified atom stereocenters. The number of pyridine rings is 1. The maximum atomic E-state index is 5.42. The summed E-state index contributed by atoms with van der Waals surface area (Å²) in [4.78, 5) is 6.71. The van der Waals surface area contributed by atoms with E-state index in [-0.39, 0.29) is 0 Å². The highest BCUT2D eigenvalue weighted by Gasteiger charge is 2.08. The molecule has 0 aliphatic carbocycles. The first-order valence-corrected chi connectivity index (χ1v) is 6.79. The van der Waals surface area contributed by atoms with E-state index in [0.717, 1.165) is 56.1 Å². The number of nitrogens with one attached hydrogen (secondary N) is 1. The number of ether oxygens (including phenoxy) is 1. The Hall–Kier alpha value is -0.650. The molecule has 1 aromatic heterocycles. The Morgan fingerprint density at radius 3 is 3.12 bits per heavy atom. The van der Waals surface area contributed by atoms with Gasteiger partial charge < -0.3 is 10.1 Å². The Morgan fingerprint density at radius 1 is 1.35 bits per heavy atom. The van der Waals surface area contributed by atoms with Crippen LogP contribution >= 0.6 is 15.9 Å². The summed E-state index contributed by atoms with van der Waals surface area (Å²) in [6.07, 6.45) is 2.94. The number of halogens is 1. The maximum absolute atomic E-state index is 5.42. The fourth-order valence-corrected chi connectivity index (χ4v) is 2.08. The highest BCUT2D eigenvalue weighted by atomic mass is 79.9. The average molecular weight is 300 g/mol. The van der Waals surface area contributed by atoms with Crippen LogP contribution < -0.4 is 5.32 Å². The minimum absolute atomic E-state index is 0.858. The van der Waals surface area contributed by atoms with Gasteiger partial charge in [-0.25, -0.2) is 4.98 Å². The van der Waals surface area contributed by atoms with Gasteiger partial charge in [-0.3, -0.25) is 4.90 Å². The molecule has 1 aliphatic rings. The third kappa shape index (κ3) is 4.61. The standard InChI is InChI=1S/C12H18BrN3O/c13-11-2-3-12(15-10-11)14-4-6-16-5-1-8-17-9-7-16/h2-3,10H,1,4-9H2,(H,14,15). The van der Waals surface area contributed by atoms with Crippen LogP contribution in [0.25, 0.3) is 0 Å². The molecule has 1 saturated heterocycles. The van der Waals surface area contributed by atoms with Gasteiger partial charge in [-0.15, -0.1) is 0 Å². The van der Waals surface area contributed by atoms with Crippen molar-refractivity contribution >= 4 is 21.7 Å². The highest BCUT2D eigenvalue weighted by molar-refractivity contribution is 9.10. The summed E-state index contributed by atoms with van der Waals surface area (Å²) in [6.45, 7) is 5.90. The predicted molar refractivity (Wildman–Crippen MR) is 72.3 cm³/mol. The molecule has 2 heterocycles. The highest BCUT2D eigenvalue weighted by Crippen LogP contribution is 2.10. The molecule has 2 rings (SSSR count). The van der Waals surface area contributed by atoms with Crippen LogP contribution in [0.4, 0.5) is 5.82 Å². The fraction of sp³-hybridized carbons (Fsp3) is 0.583. The van der Waals surface area contributed by atoms with Gasteiger partial charge in [0.05, 0.1) is 6.61 Å². The van der Waals surface area contributed by atoms with E-state index in [1.807, 2.05) is 18.3 Å². The van der Waals surface area contributed by atoms with Gasteiger partial charge in [0.1, 0.15) is 5.82 Å². The van der Waals surface area contributed by atoms with Gasteiger partial charge in [-0.2, -0.15) is 0 Å². The van der Waals surface area contributed by atoms with Crippen LogP contribution in [0, 0.1) is 0 Å². The van der Waals surface area contributed by atoms with Crippen molar-refractivity contribution in [2.45, 2.75) is 6.42 Å². The number of hydrogen-bond acceptors (Lipinski definition) is 4. The van der Waals surface area contributed by atoms with E-state index in [2.05, 4.69) is 31.1 Å². The normalized spacial score (nSPS) is 17.7. The molecule has 1 aromatic rings. The second-order valence-electron chi connectivity index (χ2n) is 4.10. The molecule has 1 N–H and O–H groups in total. The molecule has 0 radical (unpaired) electrons. The summed E-state index contributed by atoms with van der Waals surface area (Å²) >= 11 is 3.37. The second kappa shape index (κ2) is 6.93. The molecule has 0 amide bonds. The first-order valence-electron chi connectivity index (χ1n) is 6.00. The zero-order valence-electron chi connectivity index (χ0n) is 9.86. The quantitative estimate of drug-likeness (QED) is 0.922. The van der Waals surface area contributed by atoms with E-state index in [4.69, 9.17) is 4.74 Å². The Morgan fingerprint density at radius 2 is 2.29 bits per heavy atom. The van der Waals surface area contributed by atoms with E-state index in [9.17, 15) is 0 Å². The van der Waals surface area contributed by atoms with Gasteiger partial charge in [0, 0.05) is 43.5 Å². The molecular weight excluding hydrogens is 282 g/mol. The predicted octanol–water partition coefficient (Wildman–Crippen LogP) is 1.98. The van der Waals surface area contributed by atoms with Crippen molar-refractivity contribution in [2.75, 3.05) is 44.7 Å². The molecule has 0 saturated carbocycles. The molecule has 4 nitrogen and oxygen atoms in total. The first-order chi connectivity index (χ1) is 8.34. The van der Waals surface area contributed by atoms with Gasteiger partial charge >= 0.3 is 0 Å². The van der Waals surface area contributed by atoms with Crippen molar-refractivity contribution in [1.82, 2.24) is 9.88 Å². The fourth-order valence-electron chi connectivity index (χ4n) is 1.84. The van der Waals surface area contributed by atoms with Crippen molar-refractivity contribution in [3.05, 3.63) is 22.8 Å². The number of hydrogen-bond donors (Lipinski definition) is 1. The van der Waals surface area contributed by atoms with Crippen molar-refractivity contribution in [3.63, 3.8) is 0 Å². The van der Waals surface area contributed by atoms with Crippen molar-refractivity contribution in [3.8, 4) is 0 Å². The summed E-state index contributed by atoms with van der Waals surface area (Å²) in [5.74, 6) is 0.930. The van der Waals surface area contributed by atoms with E-state index < -0.39 is 0 Å². The van der Waals surface area contributed by atoms with Gasteiger partial charge in [0.25, 0.3) is 0 Å². The summed E-state index contributed by atoms with van der Waals surface area (Å²) in [6, 6.07) is 3.98. The van der Waals surface area contributed by atoms with Crippen LogP contribution in [0.2, 0.25) is 0 Å². The Kier molecular flexibility index (Phi) is 5.22. The largest absolute Gasteiger partial charge is 0.380 e. The zero-order valence-corrected chi connectivity index (χ0v) is 11.4. The Bertz CT molecular complexity index is 323. The summed E-state index contributed by atoms with van der Waals surface area (Å²) in [7, 11) is 0. The van der Waals surface area contributed by atoms with Gasteiger partial charge in [-0.05, 0) is 34.5 Å². The minimum atomic E-state index is 0.858. The minimum Gasteiger partial charge on any atom is -0.380 e. The molecular formula is C12H18BrN3O. The monoisotopic (exact) mass is 299 g/mol. The molecule has 0 spiro atoms. The SMILES string of the molecule is Brc1ccc(NCCN2CCCOCC2)nc1. The zero-order chi connectivity index (χ0) is 11.9. The average Bonchev–Trinajstić information content (AvgIpc) is 2.60. The van der Waals surface area contributed by atoms with E-state index in [1.165, 1.54) is 0 Å². The third-order valence-corrected chi connectivity index (χ3v) is 3.25. The number of rotatable bonds is 4. The lowest BCUT2D eigenvalue weighted by atomic mass is 10.4. The third-order valence-electron chi connectivity index (χ3n) is 2.78. The lowest BCUT2D eigenvalue weighted by molar-refractivity contribution is 0.142. The van der Waals surface area contributed by atoms with Crippen LogP contribution in [0.15, 0.2) is 22.8 Å². The molecule has 94 valence electrons. The molecule has 1 fully saturated rings. The summed E-state index contributed by atoms with van der Waals surface area (Å²) in [5.41, 5.74) is 0. The van der Waals surface area contributed by atoms with E-state index >= 15 is 0 Å². The Balaban J connectivity index is 1.69. The van der Waals surface area contributed by atoms with Crippen molar-refractivity contribution < 1.29 is 4.74 Å². The van der Waals surface area contributed by atoms with Crippen LogP contribution in [0.5, 0.6) is 0 Å². The van der Waals surface area contributed by atoms with E-state index in [1.54, 1.807) is 0 Å². The Labute approximate surface area is 110 Å². The van der Waals surface area contributed by atoms with Crippen LogP contribution in [-0.4, -0.2) is 49.3 Å². The van der Waals surface area contributed by atoms with Crippen molar-refractivity contribution in [2.24, 2.45) is 0 Å². The summed E-state index contributed by atoms with van der Waals surface area (Å²) in [5, 5.41) is 3.33. The smallest absolute Gasteiger partial charge is 0.126 e. The molecule has 1 aliphatic heterocycles. The molecule has 0 bridgehead atoms. The van der Waals surface area contributed by atoms with Gasteiger partial charge in [0.2, 0.25) is 0 Å². The first kappa shape index (κ1) is 12.8. The van der Waals surface area contributed by atoms with Crippen LogP contribution in [-0.2, 0) is 4.74 Å². The number of aromatic nitrogens is 1. The molecule has 0 aromatic carbocycles. The van der Waals surface area contributed by atoms with E-state index in [0.29, 0.717) is 0 Å². The number of nitrogens with zero attached hydrogens (tertiary/aromatic N) is 2. The molecule has 5 heteroatoms. The van der Waals surface area contributed by atoms with Crippen LogP contribution in [0.1, 0.15) is 6.42 Å². The summed E-state index contributed by atoms with van der Waals surface area (Å²) < 4.78 is 6.43. The van der Waals surface area contributed by atoms with Crippen molar-refractivity contribution in [1.29, 1.82) is 0 Å². The maximum Gasteiger partial charge on any atom is 0.126 e. The second-order valence-corrected chi connectivity index (χ2v) is 5.01. The van der Waals surface area contributed by atoms with Crippen LogP contribution in [0.3, 0.4) is 0 Å². The topological polar surface area (TPSA) is 37.4 Å². The lowest BCUT2D eigenvalue weighted by Gasteiger charge is -2.19. The van der Waals surface area contributed by atoms with Gasteiger partial charge in [-0.1, -0.05) is 0 Å². The molecule has 0 atom stereocenters. The van der Waals surface area contributed by atoms with Gasteiger partial charge in [0.15, 0.2) is 0 Å². The lowest BCUT2D eigenvalue weighted by Crippen LogP contribution is -2.31. The molecule has 17 heavy (non-hydrogen) atoms.